The minimum absolute atomic E-state index is 0.0463. The van der Waals surface area contributed by atoms with Gasteiger partial charge in [-0.05, 0) is 30.3 Å². The molecule has 0 aliphatic carbocycles. The molecule has 2 aliphatic heterocycles. The number of likely N-dealkylation sites (tertiary alicyclic amines) is 1. The lowest BCUT2D eigenvalue weighted by molar-refractivity contribution is -0.890. The number of quaternary nitrogens is 1. The maximum absolute atomic E-state index is 14.6. The molecular formula is C30H34ClF2N6O4+. The maximum Gasteiger partial charge on any atom is 0.291 e. The average Bonchev–Trinajstić information content (AvgIpc) is 3.59. The first-order chi connectivity index (χ1) is 20.5. The highest BCUT2D eigenvalue weighted by atomic mass is 35.5. The zero-order valence-electron chi connectivity index (χ0n) is 24.3. The number of hydrogen-bond donors (Lipinski definition) is 1. The summed E-state index contributed by atoms with van der Waals surface area (Å²) in [6.07, 6.45) is 3.57. The molecule has 2 aromatic carbocycles. The lowest BCUT2D eigenvalue weighted by Crippen LogP contribution is -2.55. The summed E-state index contributed by atoms with van der Waals surface area (Å²) in [6, 6.07) is 7.20. The molecule has 2 aliphatic rings. The van der Waals surface area contributed by atoms with Crippen molar-refractivity contribution in [2.75, 3.05) is 65.3 Å². The van der Waals surface area contributed by atoms with Crippen LogP contribution >= 0.6 is 11.6 Å². The zero-order chi connectivity index (χ0) is 30.9. The van der Waals surface area contributed by atoms with E-state index in [1.54, 1.807) is 11.0 Å². The number of aromatic nitrogens is 2. The van der Waals surface area contributed by atoms with Crippen LogP contribution in [0.2, 0.25) is 5.02 Å². The molecule has 0 radical (unpaired) electrons. The number of nitrogens with one attached hydrogen (secondary N) is 1. The number of benzene rings is 2. The first-order valence-electron chi connectivity index (χ1n) is 14.1. The first kappa shape index (κ1) is 30.4. The molecule has 1 aromatic heterocycles. The van der Waals surface area contributed by atoms with E-state index in [-0.39, 0.29) is 45.2 Å². The second kappa shape index (κ2) is 12.3. The molecule has 0 unspecified atom stereocenters. The van der Waals surface area contributed by atoms with E-state index in [0.29, 0.717) is 38.4 Å². The van der Waals surface area contributed by atoms with Crippen molar-refractivity contribution in [2.24, 2.45) is 7.05 Å². The van der Waals surface area contributed by atoms with E-state index >= 15 is 0 Å². The number of halogens is 3. The Balaban J connectivity index is 1.21. The van der Waals surface area contributed by atoms with Crippen LogP contribution in [0.25, 0.3) is 11.3 Å². The molecule has 3 amide bonds. The van der Waals surface area contributed by atoms with Gasteiger partial charge in [-0.25, -0.2) is 9.37 Å². The Kier molecular flexibility index (Phi) is 8.70. The third kappa shape index (κ3) is 6.21. The van der Waals surface area contributed by atoms with Gasteiger partial charge in [-0.3, -0.25) is 14.4 Å². The number of hydrogen-bond acceptors (Lipinski definition) is 5. The number of imidazole rings is 1. The number of methoxy groups -OCH3 is 1. The van der Waals surface area contributed by atoms with Crippen molar-refractivity contribution < 1.29 is 32.4 Å². The SMILES string of the molecule is COc1ccc(-c2cnc(C(=O)Nc3ccc(C(=O)N4CCN(C(=O)C[N+]5(C)CCCC5)CC4)c(Cl)c3)n2C)c(F)c1F. The summed E-state index contributed by atoms with van der Waals surface area (Å²) in [4.78, 5) is 46.6. The van der Waals surface area contributed by atoms with Crippen LogP contribution in [0.15, 0.2) is 36.5 Å². The summed E-state index contributed by atoms with van der Waals surface area (Å²) in [5.41, 5.74) is 0.722. The van der Waals surface area contributed by atoms with E-state index in [2.05, 4.69) is 17.3 Å². The van der Waals surface area contributed by atoms with Gasteiger partial charge in [0, 0.05) is 57.3 Å². The molecule has 5 rings (SSSR count). The molecule has 0 bridgehead atoms. The fraction of sp³-hybridized carbons (Fsp3) is 0.400. The smallest absolute Gasteiger partial charge is 0.291 e. The predicted octanol–water partition coefficient (Wildman–Crippen LogP) is 3.80. The highest BCUT2D eigenvalue weighted by molar-refractivity contribution is 6.34. The molecule has 3 heterocycles. The normalized spacial score (nSPS) is 16.3. The highest BCUT2D eigenvalue weighted by Crippen LogP contribution is 2.30. The molecule has 1 N–H and O–H groups in total. The van der Waals surface area contributed by atoms with Crippen LogP contribution in [-0.4, -0.2) is 102 Å². The van der Waals surface area contributed by atoms with E-state index in [9.17, 15) is 23.2 Å². The number of anilines is 1. The number of nitrogens with zero attached hydrogens (tertiary/aromatic N) is 5. The van der Waals surface area contributed by atoms with Crippen LogP contribution in [-0.2, 0) is 11.8 Å². The Morgan fingerprint density at radius 1 is 1.02 bits per heavy atom. The van der Waals surface area contributed by atoms with Gasteiger partial charge in [0.2, 0.25) is 5.82 Å². The fourth-order valence-corrected chi connectivity index (χ4v) is 5.99. The topological polar surface area (TPSA) is 96.8 Å². The number of piperazine rings is 1. The zero-order valence-corrected chi connectivity index (χ0v) is 25.1. The molecular weight excluding hydrogens is 582 g/mol. The monoisotopic (exact) mass is 615 g/mol. The molecule has 2 saturated heterocycles. The fourth-order valence-electron chi connectivity index (χ4n) is 5.72. The molecule has 43 heavy (non-hydrogen) atoms. The Morgan fingerprint density at radius 2 is 1.70 bits per heavy atom. The lowest BCUT2D eigenvalue weighted by atomic mass is 10.1. The molecule has 0 atom stereocenters. The van der Waals surface area contributed by atoms with Gasteiger partial charge in [0.1, 0.15) is 0 Å². The van der Waals surface area contributed by atoms with Crippen molar-refractivity contribution in [3.63, 3.8) is 0 Å². The van der Waals surface area contributed by atoms with Crippen molar-refractivity contribution >= 4 is 35.0 Å². The molecule has 228 valence electrons. The van der Waals surface area contributed by atoms with E-state index in [1.165, 1.54) is 49.2 Å². The largest absolute Gasteiger partial charge is 0.494 e. The minimum Gasteiger partial charge on any atom is -0.494 e. The standard InChI is InChI=1S/C30H33ClF2N6O4/c1-36-23(21-8-9-24(43-3)27(33)26(21)32)17-34-28(36)29(41)35-19-6-7-20(22(31)16-19)30(42)38-12-10-37(11-13-38)25(40)18-39(2)14-4-5-15-39/h6-9,16-17H,4-5,10-15,18H2,1-3H3/p+1. The van der Waals surface area contributed by atoms with Crippen LogP contribution in [0.3, 0.4) is 0 Å². The van der Waals surface area contributed by atoms with Gasteiger partial charge in [0.15, 0.2) is 23.9 Å². The number of ether oxygens (including phenoxy) is 1. The number of likely N-dealkylation sites (N-methyl/N-ethyl adjacent to an activating group) is 1. The predicted molar refractivity (Wildman–Crippen MR) is 157 cm³/mol. The summed E-state index contributed by atoms with van der Waals surface area (Å²) in [7, 11) is 4.87. The third-order valence-corrected chi connectivity index (χ3v) is 8.59. The number of amides is 3. The molecule has 3 aromatic rings. The summed E-state index contributed by atoms with van der Waals surface area (Å²) >= 11 is 6.46. The Labute approximate surface area is 253 Å². The van der Waals surface area contributed by atoms with Crippen LogP contribution < -0.4 is 10.1 Å². The van der Waals surface area contributed by atoms with Gasteiger partial charge in [-0.2, -0.15) is 4.39 Å². The first-order valence-corrected chi connectivity index (χ1v) is 14.4. The van der Waals surface area contributed by atoms with Crippen LogP contribution in [0, 0.1) is 11.6 Å². The second-order valence-electron chi connectivity index (χ2n) is 11.2. The van der Waals surface area contributed by atoms with E-state index in [4.69, 9.17) is 16.3 Å². The highest BCUT2D eigenvalue weighted by Gasteiger charge is 2.33. The lowest BCUT2D eigenvalue weighted by Gasteiger charge is -2.37. The summed E-state index contributed by atoms with van der Waals surface area (Å²) in [6.45, 7) is 4.28. The van der Waals surface area contributed by atoms with E-state index < -0.39 is 17.5 Å². The second-order valence-corrected chi connectivity index (χ2v) is 11.6. The van der Waals surface area contributed by atoms with Gasteiger partial charge in [-0.15, -0.1) is 0 Å². The molecule has 2 fully saturated rings. The molecule has 13 heteroatoms. The third-order valence-electron chi connectivity index (χ3n) is 8.27. The van der Waals surface area contributed by atoms with Gasteiger partial charge in [0.05, 0.1) is 49.7 Å². The van der Waals surface area contributed by atoms with Gasteiger partial charge in [-0.1, -0.05) is 11.6 Å². The van der Waals surface area contributed by atoms with Crippen molar-refractivity contribution in [3.05, 3.63) is 64.6 Å². The quantitative estimate of drug-likeness (QED) is 0.408. The van der Waals surface area contributed by atoms with Crippen molar-refractivity contribution in [1.82, 2.24) is 19.4 Å². The van der Waals surface area contributed by atoms with Crippen molar-refractivity contribution in [1.29, 1.82) is 0 Å². The van der Waals surface area contributed by atoms with Gasteiger partial charge >= 0.3 is 0 Å². The number of carbonyl (C=O) groups is 3. The van der Waals surface area contributed by atoms with Crippen LogP contribution in [0.5, 0.6) is 5.75 Å². The minimum atomic E-state index is -1.14. The van der Waals surface area contributed by atoms with E-state index in [0.717, 1.165) is 30.4 Å². The van der Waals surface area contributed by atoms with Crippen molar-refractivity contribution in [2.45, 2.75) is 12.8 Å². The molecule has 10 nitrogen and oxygen atoms in total. The number of carbonyl (C=O) groups excluding carboxylic acids is 3. The molecule has 0 spiro atoms. The Hall–Kier alpha value is -4.03. The van der Waals surface area contributed by atoms with Gasteiger partial charge < -0.3 is 28.9 Å². The summed E-state index contributed by atoms with van der Waals surface area (Å²) in [5, 5.41) is 2.84. The summed E-state index contributed by atoms with van der Waals surface area (Å²) in [5.74, 6) is -3.28. The average molecular weight is 616 g/mol. The van der Waals surface area contributed by atoms with Gasteiger partial charge in [0.25, 0.3) is 17.7 Å². The Morgan fingerprint density at radius 3 is 2.35 bits per heavy atom. The van der Waals surface area contributed by atoms with Crippen molar-refractivity contribution in [3.8, 4) is 17.0 Å². The Bertz CT molecular complexity index is 1560. The van der Waals surface area contributed by atoms with Crippen LogP contribution in [0.1, 0.15) is 33.8 Å². The summed E-state index contributed by atoms with van der Waals surface area (Å²) < 4.78 is 35.8. The number of rotatable bonds is 7. The van der Waals surface area contributed by atoms with E-state index in [1.807, 2.05) is 4.90 Å². The van der Waals surface area contributed by atoms with Crippen LogP contribution in [0.4, 0.5) is 14.5 Å². The maximum atomic E-state index is 14.6. The molecule has 0 saturated carbocycles.